The number of anilines is 1. The van der Waals surface area contributed by atoms with Crippen molar-refractivity contribution in [3.8, 4) is 0 Å². The lowest BCUT2D eigenvalue weighted by molar-refractivity contribution is -0.117. The Kier molecular flexibility index (Phi) is 2.14. The van der Waals surface area contributed by atoms with Gasteiger partial charge >= 0.3 is 0 Å². The smallest absolute Gasteiger partial charge is 0.227 e. The van der Waals surface area contributed by atoms with Gasteiger partial charge in [0.05, 0.1) is 5.69 Å². The summed E-state index contributed by atoms with van der Waals surface area (Å²) < 4.78 is 0. The normalized spacial score (nSPS) is 16.3. The number of hydrogen-bond acceptors (Lipinski definition) is 1. The molecule has 0 unspecified atom stereocenters. The topological polar surface area (TPSA) is 36.1 Å². The van der Waals surface area contributed by atoms with Gasteiger partial charge in [0.15, 0.2) is 0 Å². The van der Waals surface area contributed by atoms with Gasteiger partial charge < -0.3 is 9.88 Å². The summed E-state index contributed by atoms with van der Waals surface area (Å²) in [4.78, 5) is 16.7. The van der Waals surface area contributed by atoms with E-state index in [4.69, 9.17) is 11.6 Å². The van der Waals surface area contributed by atoms with E-state index in [1.165, 1.54) is 0 Å². The van der Waals surface area contributed by atoms with Crippen LogP contribution in [0.5, 0.6) is 0 Å². The lowest BCUT2D eigenvalue weighted by Crippen LogP contribution is -2.23. The molecule has 3 rings (SSSR count). The van der Waals surface area contributed by atoms with Crippen molar-refractivity contribution in [3.05, 3.63) is 29.4 Å². The van der Waals surface area contributed by atoms with Crippen LogP contribution in [0.4, 0.5) is 5.69 Å². The molecule has 0 aliphatic carbocycles. The zero-order valence-electron chi connectivity index (χ0n) is 8.66. The highest BCUT2D eigenvalue weighted by Gasteiger charge is 2.23. The molecule has 1 aromatic heterocycles. The molecule has 1 aliphatic rings. The zero-order chi connectivity index (χ0) is 11.1. The third kappa shape index (κ3) is 1.39. The molecule has 0 atom stereocenters. The Bertz CT molecular complexity index is 561. The fourth-order valence-electron chi connectivity index (χ4n) is 2.20. The zero-order valence-corrected chi connectivity index (χ0v) is 9.42. The van der Waals surface area contributed by atoms with Gasteiger partial charge in [-0.15, -0.1) is 0 Å². The van der Waals surface area contributed by atoms with E-state index >= 15 is 0 Å². The molecule has 3 nitrogen and oxygen atoms in total. The Labute approximate surface area is 98.0 Å². The van der Waals surface area contributed by atoms with Crippen LogP contribution in [0.15, 0.2) is 24.4 Å². The maximum absolute atomic E-state index is 11.7. The highest BCUT2D eigenvalue weighted by Crippen LogP contribution is 2.31. The number of amides is 1. The number of halogens is 1. The van der Waals surface area contributed by atoms with Crippen LogP contribution >= 0.6 is 11.6 Å². The molecule has 0 bridgehead atoms. The molecule has 2 heterocycles. The lowest BCUT2D eigenvalue weighted by atomic mass is 10.2. The Balaban J connectivity index is 2.16. The number of carbonyl (C=O) groups is 1. The summed E-state index contributed by atoms with van der Waals surface area (Å²) >= 11 is 5.97. The third-order valence-electron chi connectivity index (χ3n) is 2.99. The van der Waals surface area contributed by atoms with Crippen LogP contribution in [-0.4, -0.2) is 17.4 Å². The molecule has 82 valence electrons. The molecule has 1 aromatic carbocycles. The van der Waals surface area contributed by atoms with Crippen molar-refractivity contribution >= 4 is 34.1 Å². The van der Waals surface area contributed by atoms with Gasteiger partial charge in [-0.1, -0.05) is 11.6 Å². The quantitative estimate of drug-likeness (QED) is 0.809. The van der Waals surface area contributed by atoms with E-state index in [1.807, 2.05) is 29.3 Å². The van der Waals surface area contributed by atoms with Crippen molar-refractivity contribution in [1.82, 2.24) is 4.98 Å². The number of benzene rings is 1. The predicted octanol–water partition coefficient (Wildman–Crippen LogP) is 2.95. The molecule has 1 fully saturated rings. The number of nitrogens with zero attached hydrogens (tertiary/aromatic N) is 1. The summed E-state index contributed by atoms with van der Waals surface area (Å²) in [5.74, 6) is 0.195. The van der Waals surface area contributed by atoms with E-state index < -0.39 is 0 Å². The van der Waals surface area contributed by atoms with Gasteiger partial charge in [0, 0.05) is 35.1 Å². The number of aromatic nitrogens is 1. The number of carbonyl (C=O) groups excluding carboxylic acids is 1. The maximum atomic E-state index is 11.7. The molecular formula is C12H11ClN2O. The average Bonchev–Trinajstić information content (AvgIpc) is 2.83. The molecule has 1 amide bonds. The van der Waals surface area contributed by atoms with Crippen LogP contribution in [0.1, 0.15) is 12.8 Å². The second-order valence-corrected chi connectivity index (χ2v) is 4.45. The van der Waals surface area contributed by atoms with Crippen molar-refractivity contribution < 1.29 is 4.79 Å². The van der Waals surface area contributed by atoms with E-state index in [0.29, 0.717) is 11.4 Å². The summed E-state index contributed by atoms with van der Waals surface area (Å²) in [6.07, 6.45) is 3.46. The summed E-state index contributed by atoms with van der Waals surface area (Å²) in [6, 6.07) is 5.67. The van der Waals surface area contributed by atoms with Gasteiger partial charge in [0.1, 0.15) is 0 Å². The molecule has 16 heavy (non-hydrogen) atoms. The molecular weight excluding hydrogens is 224 g/mol. The van der Waals surface area contributed by atoms with Crippen LogP contribution in [0.2, 0.25) is 5.02 Å². The highest BCUT2D eigenvalue weighted by atomic mass is 35.5. The molecule has 0 spiro atoms. The lowest BCUT2D eigenvalue weighted by Gasteiger charge is -2.13. The van der Waals surface area contributed by atoms with E-state index in [0.717, 1.165) is 29.6 Å². The predicted molar refractivity (Wildman–Crippen MR) is 64.9 cm³/mol. The van der Waals surface area contributed by atoms with Gasteiger partial charge in [-0.2, -0.15) is 0 Å². The monoisotopic (exact) mass is 234 g/mol. The van der Waals surface area contributed by atoms with Crippen LogP contribution in [0.25, 0.3) is 10.9 Å². The molecule has 0 saturated carbocycles. The minimum absolute atomic E-state index is 0.195. The summed E-state index contributed by atoms with van der Waals surface area (Å²) in [6.45, 7) is 0.804. The second kappa shape index (κ2) is 3.52. The third-order valence-corrected chi connectivity index (χ3v) is 3.22. The number of fused-ring (bicyclic) bond motifs is 1. The number of hydrogen-bond donors (Lipinski definition) is 1. The van der Waals surface area contributed by atoms with Crippen LogP contribution < -0.4 is 4.90 Å². The molecule has 1 N–H and O–H groups in total. The van der Waals surface area contributed by atoms with Gasteiger partial charge in [0.25, 0.3) is 0 Å². The Morgan fingerprint density at radius 3 is 3.00 bits per heavy atom. The fourth-order valence-corrected chi connectivity index (χ4v) is 2.38. The summed E-state index contributed by atoms with van der Waals surface area (Å²) in [5.41, 5.74) is 1.96. The summed E-state index contributed by atoms with van der Waals surface area (Å²) in [7, 11) is 0. The number of nitrogens with one attached hydrogen (secondary N) is 1. The molecule has 1 saturated heterocycles. The molecule has 2 aromatic rings. The molecule has 0 radical (unpaired) electrons. The largest absolute Gasteiger partial charge is 0.359 e. The minimum atomic E-state index is 0.195. The van der Waals surface area contributed by atoms with Gasteiger partial charge in [-0.05, 0) is 24.6 Å². The number of rotatable bonds is 1. The number of H-pyrrole nitrogens is 1. The Hall–Kier alpha value is -1.48. The second-order valence-electron chi connectivity index (χ2n) is 4.01. The first-order valence-electron chi connectivity index (χ1n) is 5.33. The van der Waals surface area contributed by atoms with Crippen LogP contribution in [0, 0.1) is 0 Å². The van der Waals surface area contributed by atoms with Crippen LogP contribution in [-0.2, 0) is 4.79 Å². The Morgan fingerprint density at radius 1 is 1.38 bits per heavy atom. The van der Waals surface area contributed by atoms with Crippen LogP contribution in [0.3, 0.4) is 0 Å². The minimum Gasteiger partial charge on any atom is -0.359 e. The first kappa shape index (κ1) is 9.73. The van der Waals surface area contributed by atoms with E-state index in [1.54, 1.807) is 0 Å². The first-order valence-corrected chi connectivity index (χ1v) is 5.70. The van der Waals surface area contributed by atoms with E-state index in [2.05, 4.69) is 4.98 Å². The Morgan fingerprint density at radius 2 is 2.25 bits per heavy atom. The van der Waals surface area contributed by atoms with Crippen molar-refractivity contribution in [1.29, 1.82) is 0 Å². The van der Waals surface area contributed by atoms with Crippen molar-refractivity contribution in [3.63, 3.8) is 0 Å². The number of aromatic amines is 1. The van der Waals surface area contributed by atoms with Crippen molar-refractivity contribution in [2.24, 2.45) is 0 Å². The summed E-state index contributed by atoms with van der Waals surface area (Å²) in [5, 5.41) is 1.71. The van der Waals surface area contributed by atoms with Gasteiger partial charge in [-0.25, -0.2) is 0 Å². The van der Waals surface area contributed by atoms with E-state index in [-0.39, 0.29) is 5.91 Å². The standard InChI is InChI=1S/C12H11ClN2O/c13-8-3-4-10-9(6-8)11(7-14-10)15-5-1-2-12(15)16/h3-4,6-7,14H,1-2,5H2. The SMILES string of the molecule is O=C1CCCN1c1c[nH]c2ccc(Cl)cc12. The first-order chi connectivity index (χ1) is 7.75. The highest BCUT2D eigenvalue weighted by molar-refractivity contribution is 6.31. The van der Waals surface area contributed by atoms with Crippen molar-refractivity contribution in [2.75, 3.05) is 11.4 Å². The fraction of sp³-hybridized carbons (Fsp3) is 0.250. The molecule has 1 aliphatic heterocycles. The average molecular weight is 235 g/mol. The molecule has 4 heteroatoms. The van der Waals surface area contributed by atoms with Gasteiger partial charge in [0.2, 0.25) is 5.91 Å². The van der Waals surface area contributed by atoms with Gasteiger partial charge in [-0.3, -0.25) is 4.79 Å². The maximum Gasteiger partial charge on any atom is 0.227 e. The van der Waals surface area contributed by atoms with Crippen molar-refractivity contribution in [2.45, 2.75) is 12.8 Å². The van der Waals surface area contributed by atoms with E-state index in [9.17, 15) is 4.79 Å².